The van der Waals surface area contributed by atoms with Crippen LogP contribution in [0.4, 0.5) is 8.78 Å². The number of pyridine rings is 1. The Kier molecular flexibility index (Phi) is 5.58. The Balaban J connectivity index is 1.63. The lowest BCUT2D eigenvalue weighted by Gasteiger charge is -2.18. The Bertz CT molecular complexity index is 1500. The lowest BCUT2D eigenvalue weighted by Crippen LogP contribution is -2.08. The number of aromatic nitrogens is 2. The van der Waals surface area contributed by atoms with E-state index in [0.717, 1.165) is 17.4 Å². The van der Waals surface area contributed by atoms with Gasteiger partial charge in [-0.15, -0.1) is 0 Å². The molecule has 4 aromatic rings. The highest BCUT2D eigenvalue weighted by Gasteiger charge is 2.37. The number of hydrogen-bond acceptors (Lipinski definition) is 5. The molecular weight excluding hydrogens is 486 g/mol. The zero-order valence-corrected chi connectivity index (χ0v) is 19.4. The molecule has 0 saturated carbocycles. The monoisotopic (exact) mass is 504 g/mol. The van der Waals surface area contributed by atoms with Crippen molar-refractivity contribution in [1.29, 1.82) is 0 Å². The van der Waals surface area contributed by atoms with Crippen LogP contribution in [0.5, 0.6) is 5.75 Å². The third-order valence-corrected chi connectivity index (χ3v) is 7.33. The SMILES string of the molecule is CS(=O)(=O)c1ccc(-c2ccc3nc4c(n3c2)C(c2cc(Cl)ccc2OC(F)F)CC4O)cc1. The lowest BCUT2D eigenvalue weighted by atomic mass is 9.95. The summed E-state index contributed by atoms with van der Waals surface area (Å²) >= 11 is 6.17. The van der Waals surface area contributed by atoms with Gasteiger partial charge in [-0.3, -0.25) is 0 Å². The van der Waals surface area contributed by atoms with Gasteiger partial charge in [0.25, 0.3) is 0 Å². The second-order valence-corrected chi connectivity index (χ2v) is 10.6. The number of rotatable bonds is 5. The van der Waals surface area contributed by atoms with Crippen LogP contribution >= 0.6 is 11.6 Å². The molecule has 34 heavy (non-hydrogen) atoms. The first kappa shape index (κ1) is 22.8. The van der Waals surface area contributed by atoms with E-state index in [0.29, 0.717) is 27.6 Å². The van der Waals surface area contributed by atoms with Crippen molar-refractivity contribution < 1.29 is 27.0 Å². The number of sulfone groups is 1. The van der Waals surface area contributed by atoms with Crippen LogP contribution in [0.25, 0.3) is 16.8 Å². The minimum atomic E-state index is -3.31. The lowest BCUT2D eigenvalue weighted by molar-refractivity contribution is -0.0506. The first-order valence-electron chi connectivity index (χ1n) is 10.4. The highest BCUT2D eigenvalue weighted by Crippen LogP contribution is 2.47. The van der Waals surface area contributed by atoms with E-state index in [1.165, 1.54) is 12.1 Å². The molecule has 176 valence electrons. The molecule has 1 N–H and O–H groups in total. The van der Waals surface area contributed by atoms with Crippen molar-refractivity contribution in [1.82, 2.24) is 9.38 Å². The number of hydrogen-bond donors (Lipinski definition) is 1. The third kappa shape index (κ3) is 4.04. The van der Waals surface area contributed by atoms with Gasteiger partial charge < -0.3 is 14.2 Å². The molecule has 0 aliphatic heterocycles. The van der Waals surface area contributed by atoms with E-state index in [1.807, 2.05) is 16.7 Å². The first-order valence-corrected chi connectivity index (χ1v) is 12.6. The minimum Gasteiger partial charge on any atom is -0.435 e. The molecule has 2 aromatic heterocycles. The Morgan fingerprint density at radius 1 is 1.12 bits per heavy atom. The van der Waals surface area contributed by atoms with Crippen molar-refractivity contribution in [2.45, 2.75) is 29.9 Å². The molecule has 0 bridgehead atoms. The van der Waals surface area contributed by atoms with E-state index in [1.54, 1.807) is 36.4 Å². The summed E-state index contributed by atoms with van der Waals surface area (Å²) in [6.45, 7) is -3.01. The third-order valence-electron chi connectivity index (χ3n) is 5.97. The quantitative estimate of drug-likeness (QED) is 0.402. The molecule has 6 nitrogen and oxygen atoms in total. The summed E-state index contributed by atoms with van der Waals surface area (Å²) in [6.07, 6.45) is 2.35. The number of ether oxygens (including phenoxy) is 1. The fourth-order valence-electron chi connectivity index (χ4n) is 4.45. The maximum absolute atomic E-state index is 13.0. The zero-order valence-electron chi connectivity index (χ0n) is 17.8. The predicted molar refractivity (Wildman–Crippen MR) is 123 cm³/mol. The molecule has 5 rings (SSSR count). The van der Waals surface area contributed by atoms with Crippen LogP contribution in [0.1, 0.15) is 35.4 Å². The Morgan fingerprint density at radius 3 is 2.50 bits per heavy atom. The van der Waals surface area contributed by atoms with E-state index < -0.39 is 28.5 Å². The smallest absolute Gasteiger partial charge is 0.387 e. The van der Waals surface area contributed by atoms with Crippen LogP contribution in [-0.4, -0.2) is 35.8 Å². The van der Waals surface area contributed by atoms with Gasteiger partial charge in [-0.2, -0.15) is 8.78 Å². The summed E-state index contributed by atoms with van der Waals surface area (Å²) in [7, 11) is -3.31. The number of benzene rings is 2. The van der Waals surface area contributed by atoms with Crippen LogP contribution in [0.15, 0.2) is 65.7 Å². The van der Waals surface area contributed by atoms with Gasteiger partial charge in [-0.05, 0) is 60.0 Å². The number of halogens is 3. The van der Waals surface area contributed by atoms with Gasteiger partial charge in [0.15, 0.2) is 9.84 Å². The maximum Gasteiger partial charge on any atom is 0.387 e. The van der Waals surface area contributed by atoms with Crippen molar-refractivity contribution in [2.24, 2.45) is 0 Å². The standard InChI is InChI=1S/C24H19ClF2N2O4S/c1-34(31,32)16-6-2-13(3-7-16)14-4-9-21-28-22-19(30)11-18(23(22)29(21)12-14)17-10-15(25)5-8-20(17)33-24(26)27/h2-10,12,18-19,24,30H,11H2,1H3. The van der Waals surface area contributed by atoms with Crippen molar-refractivity contribution in [2.75, 3.05) is 6.26 Å². The van der Waals surface area contributed by atoms with Gasteiger partial charge in [-0.1, -0.05) is 23.7 Å². The van der Waals surface area contributed by atoms with Gasteiger partial charge in [0, 0.05) is 29.0 Å². The van der Waals surface area contributed by atoms with Gasteiger partial charge in [0.2, 0.25) is 0 Å². The summed E-state index contributed by atoms with van der Waals surface area (Å²) in [6, 6.07) is 14.6. The molecule has 2 aromatic carbocycles. The topological polar surface area (TPSA) is 80.9 Å². The van der Waals surface area contributed by atoms with Crippen LogP contribution in [0.2, 0.25) is 5.02 Å². The zero-order chi connectivity index (χ0) is 24.2. The van der Waals surface area contributed by atoms with Crippen molar-refractivity contribution in [3.8, 4) is 16.9 Å². The second-order valence-electron chi connectivity index (χ2n) is 8.19. The number of alkyl halides is 2. The molecule has 2 atom stereocenters. The summed E-state index contributed by atoms with van der Waals surface area (Å²) in [5, 5.41) is 11.1. The second kappa shape index (κ2) is 8.33. The van der Waals surface area contributed by atoms with Crippen LogP contribution < -0.4 is 4.74 Å². The summed E-state index contributed by atoms with van der Waals surface area (Å²) < 4.78 is 56.2. The highest BCUT2D eigenvalue weighted by atomic mass is 35.5. The first-order chi connectivity index (χ1) is 16.1. The van der Waals surface area contributed by atoms with Gasteiger partial charge >= 0.3 is 6.61 Å². The molecule has 0 saturated heterocycles. The van der Waals surface area contributed by atoms with E-state index in [4.69, 9.17) is 16.3 Å². The Labute approximate surface area is 199 Å². The molecule has 0 amide bonds. The molecule has 10 heteroatoms. The molecule has 0 radical (unpaired) electrons. The number of nitrogens with zero attached hydrogens (tertiary/aromatic N) is 2. The largest absolute Gasteiger partial charge is 0.435 e. The van der Waals surface area contributed by atoms with E-state index in [9.17, 15) is 22.3 Å². The van der Waals surface area contributed by atoms with E-state index in [2.05, 4.69) is 4.98 Å². The Morgan fingerprint density at radius 2 is 1.82 bits per heavy atom. The maximum atomic E-state index is 13.0. The average Bonchev–Trinajstić information content (AvgIpc) is 3.31. The fraction of sp³-hybridized carbons (Fsp3) is 0.208. The van der Waals surface area contributed by atoms with Crippen LogP contribution in [0, 0.1) is 0 Å². The highest BCUT2D eigenvalue weighted by molar-refractivity contribution is 7.90. The molecular formula is C24H19ClF2N2O4S. The van der Waals surface area contributed by atoms with Crippen LogP contribution in [-0.2, 0) is 9.84 Å². The summed E-state index contributed by atoms with van der Waals surface area (Å²) in [4.78, 5) is 4.77. The molecule has 0 fully saturated rings. The Hall–Kier alpha value is -3.01. The van der Waals surface area contributed by atoms with Gasteiger partial charge in [-0.25, -0.2) is 13.4 Å². The van der Waals surface area contributed by atoms with Crippen molar-refractivity contribution in [3.05, 3.63) is 82.8 Å². The van der Waals surface area contributed by atoms with Gasteiger partial charge in [0.1, 0.15) is 11.4 Å². The predicted octanol–water partition coefficient (Wildman–Crippen LogP) is 5.23. The molecule has 2 unspecified atom stereocenters. The average molecular weight is 505 g/mol. The molecule has 1 aliphatic carbocycles. The number of fused-ring (bicyclic) bond motifs is 3. The van der Waals surface area contributed by atoms with Gasteiger partial charge in [0.05, 0.1) is 22.4 Å². The number of aliphatic hydroxyl groups is 1. The molecule has 1 aliphatic rings. The van der Waals surface area contributed by atoms with E-state index >= 15 is 0 Å². The van der Waals surface area contributed by atoms with Crippen molar-refractivity contribution >= 4 is 27.1 Å². The summed E-state index contributed by atoms with van der Waals surface area (Å²) in [5.74, 6) is -0.484. The molecule has 0 spiro atoms. The fourth-order valence-corrected chi connectivity index (χ4v) is 5.26. The summed E-state index contributed by atoms with van der Waals surface area (Å²) in [5.41, 5.74) is 3.74. The van der Waals surface area contributed by atoms with E-state index in [-0.39, 0.29) is 17.1 Å². The number of aliphatic hydroxyl groups excluding tert-OH is 1. The van der Waals surface area contributed by atoms with Crippen LogP contribution in [0.3, 0.4) is 0 Å². The molecule has 2 heterocycles. The van der Waals surface area contributed by atoms with Crippen molar-refractivity contribution in [3.63, 3.8) is 0 Å². The normalized spacial score (nSPS) is 17.9. The number of imidazole rings is 1. The minimum absolute atomic E-state index is 0.00748.